The van der Waals surface area contributed by atoms with E-state index in [1.807, 2.05) is 0 Å². The Bertz CT molecular complexity index is 905. The van der Waals surface area contributed by atoms with Crippen LogP contribution in [0, 0.1) is 17.5 Å². The number of methoxy groups -OCH3 is 1. The molecule has 1 aliphatic heterocycles. The maximum absolute atomic E-state index is 14.2. The summed E-state index contributed by atoms with van der Waals surface area (Å²) < 4.78 is 45.6. The van der Waals surface area contributed by atoms with E-state index in [-0.39, 0.29) is 12.5 Å². The van der Waals surface area contributed by atoms with Gasteiger partial charge >= 0.3 is 0 Å². The summed E-state index contributed by atoms with van der Waals surface area (Å²) in [5, 5.41) is 2.42. The minimum absolute atomic E-state index is 0.00561. The van der Waals surface area contributed by atoms with E-state index in [0.717, 1.165) is 13.5 Å². The first-order valence-electron chi connectivity index (χ1n) is 8.16. The van der Waals surface area contributed by atoms with Gasteiger partial charge in [0.25, 0.3) is 5.91 Å². The number of halogens is 3. The van der Waals surface area contributed by atoms with Crippen LogP contribution in [-0.4, -0.2) is 30.5 Å². The lowest BCUT2D eigenvalue weighted by Crippen LogP contribution is -2.26. The van der Waals surface area contributed by atoms with Crippen LogP contribution in [0.25, 0.3) is 0 Å². The average Bonchev–Trinajstić information content (AvgIpc) is 3.09. The molecule has 0 atom stereocenters. The molecule has 2 heterocycles. The number of hydrogen-bond acceptors (Lipinski definition) is 4. The number of nitrogens with one attached hydrogen (secondary N) is 1. The zero-order valence-corrected chi connectivity index (χ0v) is 14.4. The highest BCUT2D eigenvalue weighted by atomic mass is 19.2. The zero-order valence-electron chi connectivity index (χ0n) is 14.4. The lowest BCUT2D eigenvalue weighted by Gasteiger charge is -2.16. The number of carbonyl (C=O) groups is 2. The van der Waals surface area contributed by atoms with Gasteiger partial charge in [0, 0.05) is 25.7 Å². The normalized spacial score (nSPS) is 13.8. The molecule has 6 nitrogen and oxygen atoms in total. The predicted octanol–water partition coefficient (Wildman–Crippen LogP) is 2.56. The van der Waals surface area contributed by atoms with Crippen molar-refractivity contribution in [2.45, 2.75) is 19.4 Å². The monoisotopic (exact) mass is 379 g/mol. The Kier molecular flexibility index (Phi) is 5.29. The standard InChI is InChI=1S/C18H16F3N3O3/c1-27-17-15(20)12(6-13(19)16(17)21)18(26)23-8-10-5-11(9-22-7-10)24-4-2-3-14(24)25/h5-7,9H,2-4,8H2,1H3,(H,23,26). The fourth-order valence-electron chi connectivity index (χ4n) is 2.84. The van der Waals surface area contributed by atoms with Crippen molar-refractivity contribution in [2.75, 3.05) is 18.6 Å². The number of nitrogens with zero attached hydrogens (tertiary/aromatic N) is 2. The van der Waals surface area contributed by atoms with Crippen LogP contribution in [0.15, 0.2) is 24.5 Å². The highest BCUT2D eigenvalue weighted by Gasteiger charge is 2.24. The van der Waals surface area contributed by atoms with Crippen LogP contribution < -0.4 is 15.0 Å². The molecule has 0 saturated carbocycles. The van der Waals surface area contributed by atoms with Gasteiger partial charge in [-0.05, 0) is 24.1 Å². The molecule has 0 unspecified atom stereocenters. The smallest absolute Gasteiger partial charge is 0.254 e. The Morgan fingerprint density at radius 2 is 2.04 bits per heavy atom. The molecule has 1 fully saturated rings. The Hall–Kier alpha value is -3.10. The van der Waals surface area contributed by atoms with Crippen molar-refractivity contribution in [1.29, 1.82) is 0 Å². The van der Waals surface area contributed by atoms with Crippen molar-refractivity contribution in [1.82, 2.24) is 10.3 Å². The van der Waals surface area contributed by atoms with Crippen LogP contribution in [0.3, 0.4) is 0 Å². The number of benzene rings is 1. The van der Waals surface area contributed by atoms with Gasteiger partial charge in [-0.15, -0.1) is 0 Å². The lowest BCUT2D eigenvalue weighted by atomic mass is 10.1. The summed E-state index contributed by atoms with van der Waals surface area (Å²) in [7, 11) is 0.972. The van der Waals surface area contributed by atoms with Crippen molar-refractivity contribution in [2.24, 2.45) is 0 Å². The van der Waals surface area contributed by atoms with Crippen molar-refractivity contribution in [3.05, 3.63) is 53.1 Å². The van der Waals surface area contributed by atoms with E-state index in [4.69, 9.17) is 0 Å². The van der Waals surface area contributed by atoms with E-state index in [1.54, 1.807) is 11.0 Å². The van der Waals surface area contributed by atoms with E-state index in [2.05, 4.69) is 15.0 Å². The molecule has 0 aliphatic carbocycles. The molecule has 1 aliphatic rings. The molecule has 9 heteroatoms. The quantitative estimate of drug-likeness (QED) is 0.811. The van der Waals surface area contributed by atoms with Gasteiger partial charge in [0.15, 0.2) is 17.4 Å². The number of carbonyl (C=O) groups excluding carboxylic acids is 2. The molecule has 1 N–H and O–H groups in total. The van der Waals surface area contributed by atoms with Crippen LogP contribution in [-0.2, 0) is 11.3 Å². The van der Waals surface area contributed by atoms with Crippen molar-refractivity contribution in [3.63, 3.8) is 0 Å². The number of anilines is 1. The maximum Gasteiger partial charge on any atom is 0.254 e. The summed E-state index contributed by atoms with van der Waals surface area (Å²) in [5.41, 5.74) is 0.491. The van der Waals surface area contributed by atoms with Crippen LogP contribution >= 0.6 is 0 Å². The molecule has 3 rings (SSSR count). The second kappa shape index (κ2) is 7.65. The Morgan fingerprint density at radius 3 is 2.70 bits per heavy atom. The summed E-state index contributed by atoms with van der Waals surface area (Å²) in [6, 6.07) is 2.15. The van der Waals surface area contributed by atoms with Gasteiger partial charge < -0.3 is 15.0 Å². The van der Waals surface area contributed by atoms with Crippen molar-refractivity contribution in [3.8, 4) is 5.75 Å². The SMILES string of the molecule is COc1c(F)c(F)cc(C(=O)NCc2cncc(N3CCCC3=O)c2)c1F. The van der Waals surface area contributed by atoms with E-state index in [0.29, 0.717) is 30.3 Å². The van der Waals surface area contributed by atoms with Gasteiger partial charge in [0.05, 0.1) is 24.6 Å². The van der Waals surface area contributed by atoms with Crippen LogP contribution in [0.5, 0.6) is 5.75 Å². The summed E-state index contributed by atoms with van der Waals surface area (Å²) in [4.78, 5) is 29.6. The Morgan fingerprint density at radius 1 is 1.26 bits per heavy atom. The van der Waals surface area contributed by atoms with Crippen LogP contribution in [0.1, 0.15) is 28.8 Å². The molecule has 0 bridgehead atoms. The molecular formula is C18H16F3N3O3. The summed E-state index contributed by atoms with van der Waals surface area (Å²) in [5.74, 6) is -6.09. The summed E-state index contributed by atoms with van der Waals surface area (Å²) in [6.45, 7) is 0.554. The molecular weight excluding hydrogens is 363 g/mol. The Balaban J connectivity index is 1.75. The lowest BCUT2D eigenvalue weighted by molar-refractivity contribution is -0.117. The fraction of sp³-hybridized carbons (Fsp3) is 0.278. The predicted molar refractivity (Wildman–Crippen MR) is 89.9 cm³/mol. The summed E-state index contributed by atoms with van der Waals surface area (Å²) in [6.07, 6.45) is 4.25. The number of rotatable bonds is 5. The maximum atomic E-state index is 14.2. The molecule has 2 aromatic rings. The topological polar surface area (TPSA) is 71.5 Å². The highest BCUT2D eigenvalue weighted by Crippen LogP contribution is 2.27. The van der Waals surface area contributed by atoms with E-state index in [9.17, 15) is 22.8 Å². The number of pyridine rings is 1. The van der Waals surface area contributed by atoms with Gasteiger partial charge in [-0.1, -0.05) is 0 Å². The average molecular weight is 379 g/mol. The molecule has 0 radical (unpaired) electrons. The van der Waals surface area contributed by atoms with E-state index in [1.165, 1.54) is 12.4 Å². The number of aromatic nitrogens is 1. The third kappa shape index (κ3) is 3.71. The minimum Gasteiger partial charge on any atom is -0.491 e. The first kappa shape index (κ1) is 18.7. The largest absolute Gasteiger partial charge is 0.491 e. The van der Waals surface area contributed by atoms with Gasteiger partial charge in [0.2, 0.25) is 11.7 Å². The highest BCUT2D eigenvalue weighted by molar-refractivity contribution is 5.96. The Labute approximate surface area is 152 Å². The van der Waals surface area contributed by atoms with Gasteiger partial charge in [-0.25, -0.2) is 8.78 Å². The fourth-order valence-corrected chi connectivity index (χ4v) is 2.84. The molecule has 1 saturated heterocycles. The zero-order chi connectivity index (χ0) is 19.6. The third-order valence-corrected chi connectivity index (χ3v) is 4.18. The van der Waals surface area contributed by atoms with Gasteiger partial charge in [0.1, 0.15) is 0 Å². The molecule has 1 aromatic carbocycles. The molecule has 0 spiro atoms. The second-order valence-electron chi connectivity index (χ2n) is 5.95. The van der Waals surface area contributed by atoms with Gasteiger partial charge in [-0.3, -0.25) is 14.6 Å². The van der Waals surface area contributed by atoms with Gasteiger partial charge in [-0.2, -0.15) is 4.39 Å². The molecule has 142 valence electrons. The van der Waals surface area contributed by atoms with Crippen LogP contribution in [0.4, 0.5) is 18.9 Å². The number of hydrogen-bond donors (Lipinski definition) is 1. The molecule has 27 heavy (non-hydrogen) atoms. The van der Waals surface area contributed by atoms with Crippen molar-refractivity contribution < 1.29 is 27.5 Å². The first-order chi connectivity index (χ1) is 12.9. The second-order valence-corrected chi connectivity index (χ2v) is 5.95. The molecule has 1 aromatic heterocycles. The molecule has 2 amide bonds. The van der Waals surface area contributed by atoms with E-state index >= 15 is 0 Å². The third-order valence-electron chi connectivity index (χ3n) is 4.18. The van der Waals surface area contributed by atoms with E-state index < -0.39 is 34.7 Å². The number of amides is 2. The first-order valence-corrected chi connectivity index (χ1v) is 8.16. The minimum atomic E-state index is -1.50. The van der Waals surface area contributed by atoms with Crippen LogP contribution in [0.2, 0.25) is 0 Å². The number of ether oxygens (including phenoxy) is 1. The van der Waals surface area contributed by atoms with Crippen molar-refractivity contribution >= 4 is 17.5 Å². The summed E-state index contributed by atoms with van der Waals surface area (Å²) >= 11 is 0.